The molecule has 0 aliphatic carbocycles. The molecule has 3 rings (SSSR count). The van der Waals surface area contributed by atoms with Gasteiger partial charge in [-0.15, -0.1) is 0 Å². The molecule has 0 atom stereocenters. The van der Waals surface area contributed by atoms with E-state index in [4.69, 9.17) is 11.6 Å². The van der Waals surface area contributed by atoms with Gasteiger partial charge in [0.1, 0.15) is 0 Å². The van der Waals surface area contributed by atoms with Crippen LogP contribution >= 0.6 is 27.5 Å². The van der Waals surface area contributed by atoms with Gasteiger partial charge >= 0.3 is 0 Å². The Balaban J connectivity index is 2.03. The minimum Gasteiger partial charge on any atom is -0.341 e. The highest BCUT2D eigenvalue weighted by Gasteiger charge is 2.16. The summed E-state index contributed by atoms with van der Waals surface area (Å²) in [4.78, 5) is 2.40. The summed E-state index contributed by atoms with van der Waals surface area (Å²) in [6.45, 7) is 1.06. The second kappa shape index (κ2) is 6.19. The molecule has 3 heteroatoms. The van der Waals surface area contributed by atoms with E-state index in [9.17, 15) is 0 Å². The van der Waals surface area contributed by atoms with Crippen LogP contribution in [0.25, 0.3) is 0 Å². The number of rotatable bonds is 2. The molecule has 2 aromatic carbocycles. The highest BCUT2D eigenvalue weighted by atomic mass is 79.9. The summed E-state index contributed by atoms with van der Waals surface area (Å²) in [5.74, 6) is 0. The van der Waals surface area contributed by atoms with E-state index in [1.54, 1.807) is 0 Å². The fourth-order valence-electron chi connectivity index (χ4n) is 2.77. The first-order valence-corrected chi connectivity index (χ1v) is 8.49. The van der Waals surface area contributed by atoms with Gasteiger partial charge in [-0.3, -0.25) is 0 Å². The van der Waals surface area contributed by atoms with Gasteiger partial charge in [0.05, 0.1) is 0 Å². The summed E-state index contributed by atoms with van der Waals surface area (Å²) in [5, 5.41) is 1.63. The number of anilines is 2. The van der Waals surface area contributed by atoms with E-state index in [1.807, 2.05) is 0 Å². The van der Waals surface area contributed by atoms with E-state index in [0.29, 0.717) is 0 Å². The van der Waals surface area contributed by atoms with Crippen LogP contribution in [0.3, 0.4) is 0 Å². The molecule has 0 saturated carbocycles. The maximum Gasteiger partial charge on any atom is 0.0467 e. The van der Waals surface area contributed by atoms with Gasteiger partial charge in [0.25, 0.3) is 0 Å². The van der Waals surface area contributed by atoms with Crippen molar-refractivity contribution in [1.82, 2.24) is 0 Å². The molecule has 0 radical (unpaired) electrons. The molecule has 0 aromatic heterocycles. The molecule has 0 amide bonds. The summed E-state index contributed by atoms with van der Waals surface area (Å²) >= 11 is 9.83. The molecule has 0 bridgehead atoms. The van der Waals surface area contributed by atoms with E-state index in [0.717, 1.165) is 22.5 Å². The molecule has 1 heterocycles. The van der Waals surface area contributed by atoms with Crippen LogP contribution in [0.2, 0.25) is 5.02 Å². The van der Waals surface area contributed by atoms with Crippen LogP contribution in [-0.4, -0.2) is 6.54 Å². The van der Waals surface area contributed by atoms with E-state index in [2.05, 4.69) is 63.3 Å². The van der Waals surface area contributed by atoms with Gasteiger partial charge in [-0.05, 0) is 48.6 Å². The lowest BCUT2D eigenvalue weighted by molar-refractivity contribution is 0.761. The van der Waals surface area contributed by atoms with E-state index < -0.39 is 0 Å². The standard InChI is InChI=1S/C17H17BrClN/c18-12-14-8-9-15(11-16(14)19)20-10-4-3-6-13-5-1-2-7-17(13)20/h1-2,5,7-9,11H,3-4,6,10,12H2. The lowest BCUT2D eigenvalue weighted by Crippen LogP contribution is -2.17. The summed E-state index contributed by atoms with van der Waals surface area (Å²) in [6, 6.07) is 15.1. The maximum absolute atomic E-state index is 6.36. The van der Waals surface area contributed by atoms with Crippen LogP contribution in [0.5, 0.6) is 0 Å². The molecule has 104 valence electrons. The Labute approximate surface area is 133 Å². The van der Waals surface area contributed by atoms with Crippen LogP contribution < -0.4 is 4.90 Å². The maximum atomic E-state index is 6.36. The number of benzene rings is 2. The zero-order chi connectivity index (χ0) is 13.9. The molecule has 1 nitrogen and oxygen atoms in total. The van der Waals surface area contributed by atoms with Gasteiger partial charge in [0.2, 0.25) is 0 Å². The van der Waals surface area contributed by atoms with Crippen molar-refractivity contribution in [2.75, 3.05) is 11.4 Å². The smallest absolute Gasteiger partial charge is 0.0467 e. The van der Waals surface area contributed by atoms with Crippen molar-refractivity contribution in [1.29, 1.82) is 0 Å². The first kappa shape index (κ1) is 14.0. The summed E-state index contributed by atoms with van der Waals surface area (Å²) in [7, 11) is 0. The fourth-order valence-corrected chi connectivity index (χ4v) is 3.66. The Morgan fingerprint density at radius 3 is 2.75 bits per heavy atom. The molecule has 0 N–H and O–H groups in total. The van der Waals surface area contributed by atoms with Crippen molar-refractivity contribution in [3.63, 3.8) is 0 Å². The largest absolute Gasteiger partial charge is 0.341 e. The third kappa shape index (κ3) is 2.72. The number of nitrogens with zero attached hydrogens (tertiary/aromatic N) is 1. The number of fused-ring (bicyclic) bond motifs is 1. The molecule has 2 aromatic rings. The number of hydrogen-bond acceptors (Lipinski definition) is 1. The van der Waals surface area contributed by atoms with Gasteiger partial charge in [-0.25, -0.2) is 0 Å². The molecular formula is C17H17BrClN. The second-order valence-electron chi connectivity index (χ2n) is 5.15. The van der Waals surface area contributed by atoms with Crippen molar-refractivity contribution in [3.05, 3.63) is 58.6 Å². The monoisotopic (exact) mass is 349 g/mol. The minimum absolute atomic E-state index is 0.794. The Hall–Kier alpha value is -0.990. The van der Waals surface area contributed by atoms with E-state index in [1.165, 1.54) is 36.2 Å². The van der Waals surface area contributed by atoms with Crippen LogP contribution in [0.4, 0.5) is 11.4 Å². The molecular weight excluding hydrogens is 334 g/mol. The Morgan fingerprint density at radius 1 is 1.10 bits per heavy atom. The predicted molar refractivity (Wildman–Crippen MR) is 90.5 cm³/mol. The Bertz CT molecular complexity index is 612. The number of aryl methyl sites for hydroxylation is 1. The third-order valence-electron chi connectivity index (χ3n) is 3.85. The van der Waals surface area contributed by atoms with Crippen molar-refractivity contribution >= 4 is 38.9 Å². The summed E-state index contributed by atoms with van der Waals surface area (Å²) in [6.07, 6.45) is 3.63. The van der Waals surface area contributed by atoms with Crippen molar-refractivity contribution < 1.29 is 0 Å². The van der Waals surface area contributed by atoms with Gasteiger partial charge < -0.3 is 4.90 Å². The summed E-state index contributed by atoms with van der Waals surface area (Å²) in [5.41, 5.74) is 5.09. The van der Waals surface area contributed by atoms with Gasteiger partial charge in [0, 0.05) is 28.3 Å². The average Bonchev–Trinajstić information content (AvgIpc) is 2.69. The van der Waals surface area contributed by atoms with E-state index >= 15 is 0 Å². The topological polar surface area (TPSA) is 3.24 Å². The second-order valence-corrected chi connectivity index (χ2v) is 6.11. The van der Waals surface area contributed by atoms with Crippen LogP contribution in [0.1, 0.15) is 24.0 Å². The van der Waals surface area contributed by atoms with Gasteiger partial charge in [0.15, 0.2) is 0 Å². The number of hydrogen-bond donors (Lipinski definition) is 0. The number of halogens is 2. The lowest BCUT2D eigenvalue weighted by Gasteiger charge is -2.25. The first-order chi connectivity index (χ1) is 9.79. The zero-order valence-corrected chi connectivity index (χ0v) is 13.6. The Morgan fingerprint density at radius 2 is 1.95 bits per heavy atom. The first-order valence-electron chi connectivity index (χ1n) is 6.99. The van der Waals surface area contributed by atoms with E-state index in [-0.39, 0.29) is 0 Å². The normalized spacial score (nSPS) is 14.8. The fraction of sp³-hybridized carbons (Fsp3) is 0.294. The van der Waals surface area contributed by atoms with Crippen molar-refractivity contribution in [2.45, 2.75) is 24.6 Å². The molecule has 1 aliphatic rings. The average molecular weight is 351 g/mol. The Kier molecular flexibility index (Phi) is 4.32. The molecule has 0 unspecified atom stereocenters. The zero-order valence-electron chi connectivity index (χ0n) is 11.3. The highest BCUT2D eigenvalue weighted by molar-refractivity contribution is 9.08. The van der Waals surface area contributed by atoms with Crippen LogP contribution in [-0.2, 0) is 11.8 Å². The SMILES string of the molecule is Clc1cc(N2CCCCc3ccccc32)ccc1CBr. The lowest BCUT2D eigenvalue weighted by atomic mass is 10.1. The minimum atomic E-state index is 0.794. The van der Waals surface area contributed by atoms with Crippen LogP contribution in [0, 0.1) is 0 Å². The number of para-hydroxylation sites is 1. The number of alkyl halides is 1. The predicted octanol–water partition coefficient (Wildman–Crippen LogP) is 5.71. The molecule has 0 saturated heterocycles. The highest BCUT2D eigenvalue weighted by Crippen LogP contribution is 2.34. The van der Waals surface area contributed by atoms with Crippen molar-refractivity contribution in [3.8, 4) is 0 Å². The molecule has 0 spiro atoms. The molecule has 20 heavy (non-hydrogen) atoms. The molecule has 0 fully saturated rings. The quantitative estimate of drug-likeness (QED) is 0.627. The summed E-state index contributed by atoms with van der Waals surface area (Å²) < 4.78 is 0. The van der Waals surface area contributed by atoms with Gasteiger partial charge in [-0.2, -0.15) is 0 Å². The third-order valence-corrected chi connectivity index (χ3v) is 4.81. The van der Waals surface area contributed by atoms with Gasteiger partial charge in [-0.1, -0.05) is 51.8 Å². The van der Waals surface area contributed by atoms with Crippen LogP contribution in [0.15, 0.2) is 42.5 Å². The van der Waals surface area contributed by atoms with Crippen molar-refractivity contribution in [2.24, 2.45) is 0 Å². The molecule has 1 aliphatic heterocycles.